The molecule has 31 heavy (non-hydrogen) atoms. The molecule has 0 radical (unpaired) electrons. The van der Waals surface area contributed by atoms with Gasteiger partial charge in [-0.1, -0.05) is 39.0 Å². The molecule has 0 spiro atoms. The van der Waals surface area contributed by atoms with Gasteiger partial charge in [0.05, 0.1) is 12.4 Å². The Morgan fingerprint density at radius 2 is 1.97 bits per heavy atom. The molecule has 2 aliphatic rings. The van der Waals surface area contributed by atoms with Gasteiger partial charge in [-0.25, -0.2) is 15.0 Å². The largest absolute Gasteiger partial charge is 0.463 e. The van der Waals surface area contributed by atoms with E-state index in [1.165, 1.54) is 38.5 Å². The second kappa shape index (κ2) is 10.9. The summed E-state index contributed by atoms with van der Waals surface area (Å²) in [5.74, 6) is 1.43. The van der Waals surface area contributed by atoms with Crippen LogP contribution >= 0.6 is 0 Å². The zero-order valence-electron chi connectivity index (χ0n) is 18.6. The highest BCUT2D eigenvalue weighted by atomic mass is 16.6. The Labute approximate surface area is 184 Å². The summed E-state index contributed by atoms with van der Waals surface area (Å²) >= 11 is 0. The van der Waals surface area contributed by atoms with E-state index in [2.05, 4.69) is 27.2 Å². The normalized spacial score (nSPS) is 20.9. The number of imidazole rings is 1. The maximum absolute atomic E-state index is 12.0. The number of unbranched alkanes of at least 4 members (excludes halogenated alkanes) is 5. The van der Waals surface area contributed by atoms with Crippen molar-refractivity contribution in [2.45, 2.75) is 89.9 Å². The molecule has 1 saturated carbocycles. The Balaban J connectivity index is 1.22. The van der Waals surface area contributed by atoms with Gasteiger partial charge in [-0.2, -0.15) is 0 Å². The van der Waals surface area contributed by atoms with E-state index in [-0.39, 0.29) is 18.3 Å². The number of anilines is 1. The fraction of sp³-hybridized carbons (Fsp3) is 0.739. The Morgan fingerprint density at radius 1 is 1.13 bits per heavy atom. The van der Waals surface area contributed by atoms with Gasteiger partial charge in [0.2, 0.25) is 0 Å². The van der Waals surface area contributed by atoms with Gasteiger partial charge in [-0.3, -0.25) is 9.36 Å². The second-order valence-corrected chi connectivity index (χ2v) is 8.86. The molecule has 8 heteroatoms. The van der Waals surface area contributed by atoms with E-state index >= 15 is 0 Å². The molecule has 1 N–H and O–H groups in total. The van der Waals surface area contributed by atoms with Crippen LogP contribution in [-0.4, -0.2) is 44.7 Å². The summed E-state index contributed by atoms with van der Waals surface area (Å²) in [5, 5.41) is 3.40. The van der Waals surface area contributed by atoms with Crippen molar-refractivity contribution in [2.75, 3.05) is 18.5 Å². The van der Waals surface area contributed by atoms with Crippen molar-refractivity contribution >= 4 is 23.0 Å². The first-order valence-corrected chi connectivity index (χ1v) is 12.0. The van der Waals surface area contributed by atoms with Crippen molar-refractivity contribution in [1.29, 1.82) is 0 Å². The number of aromatic nitrogens is 4. The molecule has 0 bridgehead atoms. The van der Waals surface area contributed by atoms with Gasteiger partial charge in [-0.15, -0.1) is 0 Å². The summed E-state index contributed by atoms with van der Waals surface area (Å²) in [4.78, 5) is 25.3. The summed E-state index contributed by atoms with van der Waals surface area (Å²) in [6, 6.07) is 0. The van der Waals surface area contributed by atoms with E-state index < -0.39 is 0 Å². The fourth-order valence-corrected chi connectivity index (χ4v) is 4.08. The molecule has 8 nitrogen and oxygen atoms in total. The van der Waals surface area contributed by atoms with Gasteiger partial charge in [0, 0.05) is 13.0 Å². The monoisotopic (exact) mass is 429 g/mol. The minimum atomic E-state index is -0.140. The van der Waals surface area contributed by atoms with Gasteiger partial charge >= 0.3 is 5.97 Å². The maximum Gasteiger partial charge on any atom is 0.305 e. The summed E-state index contributed by atoms with van der Waals surface area (Å²) in [7, 11) is 0. The van der Waals surface area contributed by atoms with E-state index in [1.54, 1.807) is 12.7 Å². The average molecular weight is 430 g/mol. The van der Waals surface area contributed by atoms with Crippen LogP contribution in [0.3, 0.4) is 0 Å². The number of fused-ring (bicyclic) bond motifs is 1. The highest BCUT2D eigenvalue weighted by Gasteiger charge is 2.29. The first kappa shape index (κ1) is 22.0. The lowest BCUT2D eigenvalue weighted by Crippen LogP contribution is -2.19. The van der Waals surface area contributed by atoms with Crippen LogP contribution in [0.5, 0.6) is 0 Å². The van der Waals surface area contributed by atoms with Gasteiger partial charge in [0.15, 0.2) is 17.0 Å². The molecule has 1 aliphatic heterocycles. The molecule has 2 aromatic heterocycles. The molecule has 2 aromatic rings. The third-order valence-corrected chi connectivity index (χ3v) is 6.17. The number of ether oxygens (including phenoxy) is 2. The Kier molecular flexibility index (Phi) is 7.72. The van der Waals surface area contributed by atoms with Gasteiger partial charge in [0.25, 0.3) is 0 Å². The van der Waals surface area contributed by atoms with Crippen LogP contribution in [-0.2, 0) is 14.3 Å². The van der Waals surface area contributed by atoms with Crippen molar-refractivity contribution < 1.29 is 14.3 Å². The van der Waals surface area contributed by atoms with Crippen LogP contribution < -0.4 is 5.32 Å². The zero-order chi connectivity index (χ0) is 21.5. The zero-order valence-corrected chi connectivity index (χ0v) is 18.6. The molecule has 0 aromatic carbocycles. The van der Waals surface area contributed by atoms with Crippen molar-refractivity contribution in [3.05, 3.63) is 12.7 Å². The number of rotatable bonds is 13. The minimum absolute atomic E-state index is 0.0785. The minimum Gasteiger partial charge on any atom is -0.463 e. The molecular weight excluding hydrogens is 394 g/mol. The second-order valence-electron chi connectivity index (χ2n) is 8.86. The number of esters is 1. The first-order chi connectivity index (χ1) is 15.2. The Bertz CT molecular complexity index is 851. The van der Waals surface area contributed by atoms with E-state index in [9.17, 15) is 4.79 Å². The lowest BCUT2D eigenvalue weighted by molar-refractivity contribution is -0.148. The molecule has 1 aliphatic carbocycles. The third-order valence-electron chi connectivity index (χ3n) is 6.17. The van der Waals surface area contributed by atoms with Crippen LogP contribution in [0.25, 0.3) is 11.2 Å². The molecule has 2 atom stereocenters. The molecule has 0 amide bonds. The molecule has 3 heterocycles. The van der Waals surface area contributed by atoms with Crippen molar-refractivity contribution in [2.24, 2.45) is 5.92 Å². The summed E-state index contributed by atoms with van der Waals surface area (Å²) < 4.78 is 13.6. The predicted octanol–water partition coefficient (Wildman–Crippen LogP) is 4.62. The lowest BCUT2D eigenvalue weighted by Gasteiger charge is -2.15. The Hall–Kier alpha value is -2.22. The standard InChI is InChI=1S/C23H35N5O3/c1-2-3-4-5-6-7-8-20(29)30-14-18-11-12-19(31-18)28-16-27-21-22(24-13-17-9-10-17)25-15-26-23(21)28/h15-19H,2-14H2,1H3,(H,24,25,26)/t18-,19+/m0/s1. The SMILES string of the molecule is CCCCCCCCC(=O)OC[C@@H]1CC[C@H](n2cnc3c(NCC4CC4)ncnc32)O1. The van der Waals surface area contributed by atoms with Crippen LogP contribution in [0, 0.1) is 5.92 Å². The highest BCUT2D eigenvalue weighted by molar-refractivity contribution is 5.82. The van der Waals surface area contributed by atoms with E-state index in [0.717, 1.165) is 55.1 Å². The summed E-state index contributed by atoms with van der Waals surface area (Å²) in [6.45, 7) is 3.46. The van der Waals surface area contributed by atoms with E-state index in [0.29, 0.717) is 13.0 Å². The fourth-order valence-electron chi connectivity index (χ4n) is 4.08. The molecule has 1 saturated heterocycles. The maximum atomic E-state index is 12.0. The number of nitrogens with one attached hydrogen (secondary N) is 1. The quantitative estimate of drug-likeness (QED) is 0.367. The molecule has 0 unspecified atom stereocenters. The van der Waals surface area contributed by atoms with Crippen LogP contribution in [0.4, 0.5) is 5.82 Å². The molecule has 4 rings (SSSR count). The van der Waals surface area contributed by atoms with Gasteiger partial charge in [-0.05, 0) is 38.0 Å². The lowest BCUT2D eigenvalue weighted by atomic mass is 10.1. The van der Waals surface area contributed by atoms with Crippen LogP contribution in [0.1, 0.15) is 83.8 Å². The topological polar surface area (TPSA) is 91.2 Å². The molecular formula is C23H35N5O3. The number of carbonyl (C=O) groups excluding carboxylic acids is 1. The van der Waals surface area contributed by atoms with Crippen LogP contribution in [0.2, 0.25) is 0 Å². The summed E-state index contributed by atoms with van der Waals surface area (Å²) in [5.41, 5.74) is 1.56. The van der Waals surface area contributed by atoms with Crippen LogP contribution in [0.15, 0.2) is 12.7 Å². The van der Waals surface area contributed by atoms with E-state index in [1.807, 2.05) is 4.57 Å². The molecule has 170 valence electrons. The number of hydrogen-bond donors (Lipinski definition) is 1. The van der Waals surface area contributed by atoms with Crippen molar-refractivity contribution in [3.63, 3.8) is 0 Å². The number of hydrogen-bond acceptors (Lipinski definition) is 7. The smallest absolute Gasteiger partial charge is 0.305 e. The average Bonchev–Trinajstić information content (AvgIpc) is 3.31. The van der Waals surface area contributed by atoms with Gasteiger partial charge in [0.1, 0.15) is 19.2 Å². The van der Waals surface area contributed by atoms with Gasteiger partial charge < -0.3 is 14.8 Å². The third kappa shape index (κ3) is 6.15. The van der Waals surface area contributed by atoms with E-state index in [4.69, 9.17) is 9.47 Å². The summed E-state index contributed by atoms with van der Waals surface area (Å²) in [6.07, 6.45) is 14.9. The highest BCUT2D eigenvalue weighted by Crippen LogP contribution is 2.32. The first-order valence-electron chi connectivity index (χ1n) is 12.0. The number of nitrogens with zero attached hydrogens (tertiary/aromatic N) is 4. The Morgan fingerprint density at radius 3 is 2.81 bits per heavy atom. The molecule has 2 fully saturated rings. The number of carbonyl (C=O) groups is 1. The van der Waals surface area contributed by atoms with Crippen molar-refractivity contribution in [1.82, 2.24) is 19.5 Å². The predicted molar refractivity (Wildman–Crippen MR) is 119 cm³/mol. The van der Waals surface area contributed by atoms with Crippen molar-refractivity contribution in [3.8, 4) is 0 Å².